The van der Waals surface area contributed by atoms with Crippen LogP contribution in [0.3, 0.4) is 0 Å². The summed E-state index contributed by atoms with van der Waals surface area (Å²) in [4.78, 5) is 28.2. The van der Waals surface area contributed by atoms with Crippen molar-refractivity contribution in [3.8, 4) is 0 Å². The smallest absolute Gasteiger partial charge is 0.331 e. The average Bonchev–Trinajstić information content (AvgIpc) is 3.09. The van der Waals surface area contributed by atoms with Crippen LogP contribution in [-0.2, 0) is 9.53 Å². The van der Waals surface area contributed by atoms with Crippen LogP contribution >= 0.6 is 0 Å². The van der Waals surface area contributed by atoms with E-state index in [0.717, 1.165) is 5.56 Å². The van der Waals surface area contributed by atoms with Gasteiger partial charge < -0.3 is 9.84 Å². The molecule has 2 N–H and O–H groups in total. The Labute approximate surface area is 137 Å². The quantitative estimate of drug-likeness (QED) is 0.284. The third-order valence-corrected chi connectivity index (χ3v) is 3.91. The number of nitrogens with zero attached hydrogens (tertiary/aromatic N) is 4. The molecule has 1 aromatic carbocycles. The van der Waals surface area contributed by atoms with Gasteiger partial charge in [0.1, 0.15) is 11.9 Å². The van der Waals surface area contributed by atoms with Crippen molar-refractivity contribution in [1.82, 2.24) is 10.2 Å². The lowest BCUT2D eigenvalue weighted by Crippen LogP contribution is -2.37. The predicted octanol–water partition coefficient (Wildman–Crippen LogP) is 1.37. The summed E-state index contributed by atoms with van der Waals surface area (Å²) >= 11 is 0. The van der Waals surface area contributed by atoms with Crippen molar-refractivity contribution in [1.29, 1.82) is 0 Å². The second-order valence-corrected chi connectivity index (χ2v) is 5.39. The van der Waals surface area contributed by atoms with E-state index >= 15 is 0 Å². The maximum atomic E-state index is 12.1. The molecule has 3 atom stereocenters. The van der Waals surface area contributed by atoms with E-state index in [9.17, 15) is 14.7 Å². The highest BCUT2D eigenvalue weighted by atomic mass is 16.5. The highest BCUT2D eigenvalue weighted by Crippen LogP contribution is 2.31. The van der Waals surface area contributed by atoms with Gasteiger partial charge in [0.2, 0.25) is 0 Å². The number of ether oxygens (including phenoxy) is 1. The van der Waals surface area contributed by atoms with Crippen LogP contribution < -0.4 is 5.32 Å². The Morgan fingerprint density at radius 2 is 2.17 bits per heavy atom. The van der Waals surface area contributed by atoms with Crippen LogP contribution in [0.15, 0.2) is 41.1 Å². The molecule has 2 aliphatic heterocycles. The van der Waals surface area contributed by atoms with Gasteiger partial charge in [-0.15, -0.1) is 0 Å². The van der Waals surface area contributed by atoms with Crippen molar-refractivity contribution in [2.75, 3.05) is 6.61 Å². The highest BCUT2D eigenvalue weighted by molar-refractivity contribution is 6.14. The Bertz CT molecular complexity index is 729. The molecular weight excluding hydrogens is 314 g/mol. The molecular formula is C15H15N5O4. The van der Waals surface area contributed by atoms with Gasteiger partial charge in [-0.25, -0.2) is 4.79 Å². The normalized spacial score (nSPS) is 28.1. The molecule has 0 bridgehead atoms. The molecule has 0 unspecified atom stereocenters. The number of carbonyl (C=O) groups is 2. The van der Waals surface area contributed by atoms with E-state index in [1.54, 1.807) is 18.2 Å². The van der Waals surface area contributed by atoms with E-state index < -0.39 is 30.3 Å². The van der Waals surface area contributed by atoms with Gasteiger partial charge in [-0.1, -0.05) is 35.4 Å². The van der Waals surface area contributed by atoms with Crippen LogP contribution in [0.2, 0.25) is 0 Å². The maximum absolute atomic E-state index is 12.1. The number of amides is 3. The van der Waals surface area contributed by atoms with Crippen molar-refractivity contribution >= 4 is 18.0 Å². The number of benzene rings is 1. The first-order valence-corrected chi connectivity index (χ1v) is 7.36. The zero-order valence-electron chi connectivity index (χ0n) is 12.6. The molecule has 2 saturated heterocycles. The second-order valence-electron chi connectivity index (χ2n) is 5.39. The van der Waals surface area contributed by atoms with Gasteiger partial charge in [0, 0.05) is 11.3 Å². The van der Waals surface area contributed by atoms with Crippen molar-refractivity contribution in [3.05, 3.63) is 52.0 Å². The van der Waals surface area contributed by atoms with Crippen LogP contribution in [0.5, 0.6) is 0 Å². The molecule has 0 saturated carbocycles. The van der Waals surface area contributed by atoms with Crippen LogP contribution in [0, 0.1) is 0 Å². The predicted molar refractivity (Wildman–Crippen MR) is 83.1 cm³/mol. The first kappa shape index (κ1) is 16.0. The van der Waals surface area contributed by atoms with Crippen molar-refractivity contribution in [2.24, 2.45) is 5.11 Å². The summed E-state index contributed by atoms with van der Waals surface area (Å²) < 4.78 is 5.60. The number of carbonyl (C=O) groups excluding carboxylic acids is 2. The van der Waals surface area contributed by atoms with E-state index in [-0.39, 0.29) is 18.7 Å². The molecule has 1 aromatic rings. The summed E-state index contributed by atoms with van der Waals surface area (Å²) in [7, 11) is 0. The fraction of sp³-hybridized carbons (Fsp3) is 0.333. The van der Waals surface area contributed by atoms with Gasteiger partial charge in [-0.3, -0.25) is 15.0 Å². The molecule has 3 rings (SSSR count). The topological polar surface area (TPSA) is 128 Å². The Balaban J connectivity index is 1.90. The van der Waals surface area contributed by atoms with E-state index in [1.807, 2.05) is 18.2 Å². The minimum Gasteiger partial charge on any atom is -0.394 e. The molecule has 9 heteroatoms. The number of rotatable bonds is 4. The lowest BCUT2D eigenvalue weighted by molar-refractivity contribution is -0.116. The fourth-order valence-corrected chi connectivity index (χ4v) is 2.79. The van der Waals surface area contributed by atoms with E-state index in [4.69, 9.17) is 10.3 Å². The Morgan fingerprint density at radius 3 is 2.83 bits per heavy atom. The van der Waals surface area contributed by atoms with Crippen LogP contribution in [-0.4, -0.2) is 46.9 Å². The second kappa shape index (κ2) is 6.71. The molecule has 0 radical (unpaired) electrons. The van der Waals surface area contributed by atoms with Gasteiger partial charge >= 0.3 is 6.03 Å². The number of hydrogen-bond donors (Lipinski definition) is 2. The summed E-state index contributed by atoms with van der Waals surface area (Å²) in [6.07, 6.45) is 0.270. The van der Waals surface area contributed by atoms with Crippen molar-refractivity contribution in [2.45, 2.75) is 24.8 Å². The Kier molecular flexibility index (Phi) is 4.48. The van der Waals surface area contributed by atoms with E-state index in [1.165, 1.54) is 4.90 Å². The minimum atomic E-state index is -0.793. The number of hydrogen-bond acceptors (Lipinski definition) is 5. The molecule has 2 heterocycles. The van der Waals surface area contributed by atoms with Gasteiger partial charge in [0.25, 0.3) is 5.91 Å². The number of imide groups is 1. The maximum Gasteiger partial charge on any atom is 0.331 e. The fourth-order valence-electron chi connectivity index (χ4n) is 2.79. The molecule has 0 spiro atoms. The van der Waals surface area contributed by atoms with E-state index in [0.29, 0.717) is 0 Å². The van der Waals surface area contributed by atoms with Gasteiger partial charge in [0.15, 0.2) is 0 Å². The lowest BCUT2D eigenvalue weighted by Gasteiger charge is -2.23. The minimum absolute atomic E-state index is 0.148. The molecule has 24 heavy (non-hydrogen) atoms. The van der Waals surface area contributed by atoms with E-state index in [2.05, 4.69) is 15.3 Å². The summed E-state index contributed by atoms with van der Waals surface area (Å²) in [5.41, 5.74) is 9.50. The van der Waals surface area contributed by atoms with Gasteiger partial charge in [0.05, 0.1) is 18.8 Å². The molecule has 0 aliphatic carbocycles. The van der Waals surface area contributed by atoms with Gasteiger partial charge in [-0.05, 0) is 17.2 Å². The first-order chi connectivity index (χ1) is 11.6. The van der Waals surface area contributed by atoms with Crippen molar-refractivity contribution in [3.63, 3.8) is 0 Å². The number of aliphatic hydroxyl groups is 1. The number of nitrogens with one attached hydrogen (secondary N) is 1. The highest BCUT2D eigenvalue weighted by Gasteiger charge is 2.45. The summed E-state index contributed by atoms with van der Waals surface area (Å²) in [5.74, 6) is -0.528. The number of urea groups is 1. The molecule has 2 aliphatic rings. The standard InChI is InChI=1S/C15H15N5O4/c16-19-18-10-7-13(24-12(10)8-21)20-11(14(22)17-15(20)23)6-9-4-2-1-3-5-9/h1-6,10,12-13,21H,7-8H2,(H,17,22,23)/b11-6-/t10-,12+,13-/m0/s1. The van der Waals surface area contributed by atoms with Crippen molar-refractivity contribution < 1.29 is 19.4 Å². The third-order valence-electron chi connectivity index (χ3n) is 3.91. The average molecular weight is 329 g/mol. The summed E-state index contributed by atoms with van der Waals surface area (Å²) in [6.45, 7) is -0.346. The zero-order valence-corrected chi connectivity index (χ0v) is 12.6. The summed E-state index contributed by atoms with van der Waals surface area (Å²) in [6, 6.07) is 7.87. The first-order valence-electron chi connectivity index (χ1n) is 7.36. The largest absolute Gasteiger partial charge is 0.394 e. The molecule has 3 amide bonds. The van der Waals surface area contributed by atoms with Crippen LogP contribution in [0.1, 0.15) is 12.0 Å². The summed E-state index contributed by atoms with van der Waals surface area (Å²) in [5, 5.41) is 15.1. The molecule has 2 fully saturated rings. The SMILES string of the molecule is [N-]=[N+]=N[C@H]1C[C@@H](N2C(=O)NC(=O)/C2=C/c2ccccc2)O[C@@H]1CO. The zero-order chi connectivity index (χ0) is 17.1. The molecule has 0 aromatic heterocycles. The molecule has 124 valence electrons. The molecule has 9 nitrogen and oxygen atoms in total. The van der Waals surface area contributed by atoms with Crippen LogP contribution in [0.25, 0.3) is 16.5 Å². The number of azide groups is 1. The number of aliphatic hydroxyl groups excluding tert-OH is 1. The van der Waals surface area contributed by atoms with Crippen LogP contribution in [0.4, 0.5) is 4.79 Å². The van der Waals surface area contributed by atoms with Gasteiger partial charge in [-0.2, -0.15) is 0 Å². The Morgan fingerprint density at radius 1 is 1.42 bits per heavy atom. The third kappa shape index (κ3) is 2.95. The Hall–Kier alpha value is -2.87. The lowest BCUT2D eigenvalue weighted by atomic mass is 10.1. The monoisotopic (exact) mass is 329 g/mol.